The van der Waals surface area contributed by atoms with E-state index in [-0.39, 0.29) is 17.3 Å². The molecule has 2 amide bonds. The van der Waals surface area contributed by atoms with Gasteiger partial charge in [0, 0.05) is 18.1 Å². The summed E-state index contributed by atoms with van der Waals surface area (Å²) in [5.74, 6) is -0.734. The molecule has 0 bridgehead atoms. The van der Waals surface area contributed by atoms with E-state index in [9.17, 15) is 18.0 Å². The second-order valence-electron chi connectivity index (χ2n) is 9.32. The SMILES string of the molecule is CCCCNC(=O)[C@@H](CC)N(Cc1ccccc1C)C(=O)CN(c1ccc(Cl)cc1)S(=O)(=O)c1ccccc1. The van der Waals surface area contributed by atoms with Gasteiger partial charge in [-0.1, -0.05) is 74.3 Å². The number of nitrogens with zero attached hydrogens (tertiary/aromatic N) is 2. The number of halogens is 1. The fraction of sp³-hybridized carbons (Fsp3) is 0.333. The molecule has 3 aromatic carbocycles. The minimum atomic E-state index is -4.10. The van der Waals surface area contributed by atoms with Crippen molar-refractivity contribution in [3.8, 4) is 0 Å². The lowest BCUT2D eigenvalue weighted by molar-refractivity contribution is -0.140. The molecule has 39 heavy (non-hydrogen) atoms. The smallest absolute Gasteiger partial charge is 0.264 e. The first-order valence-corrected chi connectivity index (χ1v) is 15.0. The molecule has 1 atom stereocenters. The third kappa shape index (κ3) is 7.83. The molecule has 3 aromatic rings. The van der Waals surface area contributed by atoms with Crippen LogP contribution in [0.3, 0.4) is 0 Å². The zero-order valence-electron chi connectivity index (χ0n) is 22.6. The van der Waals surface area contributed by atoms with E-state index in [2.05, 4.69) is 5.32 Å². The van der Waals surface area contributed by atoms with Crippen LogP contribution in [-0.4, -0.2) is 44.3 Å². The first-order chi connectivity index (χ1) is 18.7. The molecule has 7 nitrogen and oxygen atoms in total. The summed E-state index contributed by atoms with van der Waals surface area (Å²) in [6.45, 7) is 6.03. The molecule has 0 heterocycles. The third-order valence-corrected chi connectivity index (χ3v) is 8.58. The number of benzene rings is 3. The molecule has 0 fully saturated rings. The first-order valence-electron chi connectivity index (χ1n) is 13.1. The van der Waals surface area contributed by atoms with Crippen molar-refractivity contribution in [1.82, 2.24) is 10.2 Å². The highest BCUT2D eigenvalue weighted by Gasteiger charge is 2.33. The van der Waals surface area contributed by atoms with Gasteiger partial charge in [0.1, 0.15) is 12.6 Å². The monoisotopic (exact) mass is 569 g/mol. The third-order valence-electron chi connectivity index (χ3n) is 6.54. The largest absolute Gasteiger partial charge is 0.354 e. The van der Waals surface area contributed by atoms with Crippen LogP contribution in [0, 0.1) is 6.92 Å². The summed E-state index contributed by atoms with van der Waals surface area (Å²) in [6, 6.07) is 21.1. The van der Waals surface area contributed by atoms with E-state index in [4.69, 9.17) is 11.6 Å². The fourth-order valence-electron chi connectivity index (χ4n) is 4.25. The van der Waals surface area contributed by atoms with Crippen molar-refractivity contribution in [3.63, 3.8) is 0 Å². The van der Waals surface area contributed by atoms with Gasteiger partial charge in [0.2, 0.25) is 11.8 Å². The van der Waals surface area contributed by atoms with E-state index in [1.165, 1.54) is 17.0 Å². The maximum Gasteiger partial charge on any atom is 0.264 e. The maximum absolute atomic E-state index is 14.0. The molecule has 0 radical (unpaired) electrons. The minimum Gasteiger partial charge on any atom is -0.354 e. The average Bonchev–Trinajstić information content (AvgIpc) is 2.93. The van der Waals surface area contributed by atoms with Crippen LogP contribution in [0.15, 0.2) is 83.8 Å². The molecule has 0 unspecified atom stereocenters. The molecule has 0 aliphatic rings. The second-order valence-corrected chi connectivity index (χ2v) is 11.6. The van der Waals surface area contributed by atoms with Gasteiger partial charge in [-0.05, 0) is 67.3 Å². The Hall–Kier alpha value is -3.36. The van der Waals surface area contributed by atoms with Crippen LogP contribution in [-0.2, 0) is 26.2 Å². The molecule has 0 aliphatic heterocycles. The van der Waals surface area contributed by atoms with Gasteiger partial charge in [-0.15, -0.1) is 0 Å². The number of nitrogens with one attached hydrogen (secondary N) is 1. The van der Waals surface area contributed by atoms with Crippen LogP contribution in [0.4, 0.5) is 5.69 Å². The molecule has 0 aromatic heterocycles. The van der Waals surface area contributed by atoms with E-state index in [0.29, 0.717) is 23.7 Å². The summed E-state index contributed by atoms with van der Waals surface area (Å²) in [7, 11) is -4.10. The highest BCUT2D eigenvalue weighted by molar-refractivity contribution is 7.92. The lowest BCUT2D eigenvalue weighted by atomic mass is 10.1. The van der Waals surface area contributed by atoms with E-state index in [1.54, 1.807) is 42.5 Å². The van der Waals surface area contributed by atoms with Crippen LogP contribution in [0.5, 0.6) is 0 Å². The Bertz CT molecular complexity index is 1350. The topological polar surface area (TPSA) is 86.8 Å². The molecule has 0 spiro atoms. The summed E-state index contributed by atoms with van der Waals surface area (Å²) < 4.78 is 28.6. The molecular formula is C30H36ClN3O4S. The Kier molecular flexibility index (Phi) is 10.9. The Labute approximate surface area is 236 Å². The van der Waals surface area contributed by atoms with Crippen LogP contribution < -0.4 is 9.62 Å². The van der Waals surface area contributed by atoms with E-state index >= 15 is 0 Å². The Morgan fingerprint density at radius 2 is 1.56 bits per heavy atom. The number of aryl methyl sites for hydroxylation is 1. The minimum absolute atomic E-state index is 0.0579. The molecule has 9 heteroatoms. The predicted molar refractivity (Wildman–Crippen MR) is 156 cm³/mol. The second kappa shape index (κ2) is 14.1. The fourth-order valence-corrected chi connectivity index (χ4v) is 5.81. The van der Waals surface area contributed by atoms with Crippen LogP contribution in [0.25, 0.3) is 0 Å². The van der Waals surface area contributed by atoms with Crippen LogP contribution in [0.1, 0.15) is 44.2 Å². The molecule has 208 valence electrons. The lowest BCUT2D eigenvalue weighted by Crippen LogP contribution is -2.52. The van der Waals surface area contributed by atoms with E-state index in [1.807, 2.05) is 45.0 Å². The highest BCUT2D eigenvalue weighted by Crippen LogP contribution is 2.26. The summed E-state index contributed by atoms with van der Waals surface area (Å²) >= 11 is 6.07. The molecule has 0 saturated carbocycles. The molecule has 1 N–H and O–H groups in total. The standard InChI is InChI=1S/C30H36ClN3O4S/c1-4-6-20-32-30(36)28(5-2)33(21-24-13-11-10-12-23(24)3)29(35)22-34(26-18-16-25(31)17-19-26)39(37,38)27-14-8-7-9-15-27/h7-19,28H,4-6,20-22H2,1-3H3,(H,32,36)/t28-/m1/s1. The van der Waals surface area contributed by atoms with Gasteiger partial charge in [0.05, 0.1) is 10.6 Å². The van der Waals surface area contributed by atoms with E-state index in [0.717, 1.165) is 28.3 Å². The number of unbranched alkanes of at least 4 members (excludes halogenated alkanes) is 1. The number of carbonyl (C=O) groups is 2. The van der Waals surface area contributed by atoms with Crippen molar-refractivity contribution in [2.45, 2.75) is 57.5 Å². The first kappa shape index (κ1) is 30.2. The number of amides is 2. The average molecular weight is 570 g/mol. The molecular weight excluding hydrogens is 534 g/mol. The number of hydrogen-bond donors (Lipinski definition) is 1. The zero-order chi connectivity index (χ0) is 28.4. The van der Waals surface area contributed by atoms with Gasteiger partial charge in [0.15, 0.2) is 0 Å². The number of sulfonamides is 1. The Balaban J connectivity index is 2.02. The van der Waals surface area contributed by atoms with Gasteiger partial charge in [-0.2, -0.15) is 0 Å². The van der Waals surface area contributed by atoms with Crippen molar-refractivity contribution < 1.29 is 18.0 Å². The van der Waals surface area contributed by atoms with Crippen molar-refractivity contribution >= 4 is 39.1 Å². The number of hydrogen-bond acceptors (Lipinski definition) is 4. The summed E-state index contributed by atoms with van der Waals surface area (Å²) in [5, 5.41) is 3.38. The molecule has 0 saturated heterocycles. The quantitative estimate of drug-likeness (QED) is 0.273. The number of carbonyl (C=O) groups excluding carboxylic acids is 2. The summed E-state index contributed by atoms with van der Waals surface area (Å²) in [4.78, 5) is 28.8. The molecule has 0 aliphatic carbocycles. The Morgan fingerprint density at radius 3 is 2.18 bits per heavy atom. The van der Waals surface area contributed by atoms with Crippen LogP contribution in [0.2, 0.25) is 5.02 Å². The van der Waals surface area contributed by atoms with Gasteiger partial charge in [-0.25, -0.2) is 8.42 Å². The Morgan fingerprint density at radius 1 is 0.923 bits per heavy atom. The van der Waals surface area contributed by atoms with E-state index < -0.39 is 28.5 Å². The maximum atomic E-state index is 14.0. The van der Waals surface area contributed by atoms with Gasteiger partial charge in [-0.3, -0.25) is 13.9 Å². The molecule has 3 rings (SSSR count). The summed E-state index contributed by atoms with van der Waals surface area (Å²) in [5.41, 5.74) is 2.16. The van der Waals surface area contributed by atoms with Crippen molar-refractivity contribution in [2.24, 2.45) is 0 Å². The lowest BCUT2D eigenvalue weighted by Gasteiger charge is -2.33. The number of anilines is 1. The summed E-state index contributed by atoms with van der Waals surface area (Å²) in [6.07, 6.45) is 2.13. The van der Waals surface area contributed by atoms with Crippen molar-refractivity contribution in [2.75, 3.05) is 17.4 Å². The predicted octanol–water partition coefficient (Wildman–Crippen LogP) is 5.57. The normalized spacial score (nSPS) is 12.0. The van der Waals surface area contributed by atoms with Gasteiger partial charge < -0.3 is 10.2 Å². The highest BCUT2D eigenvalue weighted by atomic mass is 35.5. The zero-order valence-corrected chi connectivity index (χ0v) is 24.2. The van der Waals surface area contributed by atoms with Crippen molar-refractivity contribution in [3.05, 3.63) is 95.0 Å². The van der Waals surface area contributed by atoms with Crippen molar-refractivity contribution in [1.29, 1.82) is 0 Å². The van der Waals surface area contributed by atoms with Gasteiger partial charge >= 0.3 is 0 Å². The van der Waals surface area contributed by atoms with Gasteiger partial charge in [0.25, 0.3) is 10.0 Å². The van der Waals surface area contributed by atoms with Crippen LogP contribution >= 0.6 is 11.6 Å². The number of rotatable bonds is 13.